The quantitative estimate of drug-likeness (QED) is 0.739. The third kappa shape index (κ3) is 6.16. The maximum absolute atomic E-state index is 12.7. The molecule has 2 aromatic carbocycles. The first-order valence-electron chi connectivity index (χ1n) is 8.59. The SMILES string of the molecule is CC(C)C([C]=O)NC(=O)C(Cc1ccccc1)NCc1ccccc1. The van der Waals surface area contributed by atoms with E-state index in [4.69, 9.17) is 0 Å². The van der Waals surface area contributed by atoms with Crippen LogP contribution in [0.25, 0.3) is 0 Å². The minimum Gasteiger partial charge on any atom is -0.344 e. The molecule has 1 amide bonds. The van der Waals surface area contributed by atoms with E-state index in [9.17, 15) is 9.59 Å². The number of rotatable bonds is 9. The third-order valence-corrected chi connectivity index (χ3v) is 4.09. The number of carbonyl (C=O) groups is 1. The maximum Gasteiger partial charge on any atom is 0.238 e. The van der Waals surface area contributed by atoms with E-state index in [1.807, 2.05) is 80.8 Å². The molecule has 0 spiro atoms. The molecular weight excluding hydrogens is 312 g/mol. The highest BCUT2D eigenvalue weighted by Gasteiger charge is 2.23. The first-order chi connectivity index (χ1) is 12.1. The van der Waals surface area contributed by atoms with Gasteiger partial charge < -0.3 is 10.6 Å². The van der Waals surface area contributed by atoms with E-state index in [1.54, 1.807) is 0 Å². The lowest BCUT2D eigenvalue weighted by Crippen LogP contribution is -2.50. The molecule has 0 saturated heterocycles. The van der Waals surface area contributed by atoms with Gasteiger partial charge in [0.15, 0.2) is 0 Å². The van der Waals surface area contributed by atoms with Gasteiger partial charge in [0, 0.05) is 6.54 Å². The standard InChI is InChI=1S/C21H25N2O2/c1-16(2)20(15-24)23-21(25)19(13-17-9-5-3-6-10-17)22-14-18-11-7-4-8-12-18/h3-12,16,19-20,22H,13-14H2,1-2H3,(H,23,25). The second kappa shape index (κ2) is 9.74. The Morgan fingerprint density at radius 2 is 1.52 bits per heavy atom. The molecular formula is C21H25N2O2. The first kappa shape index (κ1) is 18.9. The molecule has 2 rings (SSSR count). The molecule has 25 heavy (non-hydrogen) atoms. The molecule has 2 atom stereocenters. The summed E-state index contributed by atoms with van der Waals surface area (Å²) in [5.41, 5.74) is 2.18. The zero-order valence-corrected chi connectivity index (χ0v) is 14.7. The lowest BCUT2D eigenvalue weighted by Gasteiger charge is -2.22. The summed E-state index contributed by atoms with van der Waals surface area (Å²) in [4.78, 5) is 23.8. The molecule has 4 nitrogen and oxygen atoms in total. The van der Waals surface area contributed by atoms with Crippen molar-refractivity contribution in [2.75, 3.05) is 0 Å². The highest BCUT2D eigenvalue weighted by Crippen LogP contribution is 2.07. The summed E-state index contributed by atoms with van der Waals surface area (Å²) >= 11 is 0. The van der Waals surface area contributed by atoms with E-state index >= 15 is 0 Å². The predicted octanol–water partition coefficient (Wildman–Crippen LogP) is 2.64. The largest absolute Gasteiger partial charge is 0.344 e. The van der Waals surface area contributed by atoms with Gasteiger partial charge in [0.25, 0.3) is 0 Å². The molecule has 0 aliphatic rings. The fourth-order valence-electron chi connectivity index (χ4n) is 2.53. The van der Waals surface area contributed by atoms with Crippen molar-refractivity contribution >= 4 is 12.2 Å². The van der Waals surface area contributed by atoms with Crippen molar-refractivity contribution in [2.45, 2.75) is 38.9 Å². The Kier molecular flexibility index (Phi) is 7.36. The van der Waals surface area contributed by atoms with Gasteiger partial charge in [-0.1, -0.05) is 74.5 Å². The fourth-order valence-corrected chi connectivity index (χ4v) is 2.53. The number of carbonyl (C=O) groups excluding carboxylic acids is 2. The minimum atomic E-state index is -0.593. The van der Waals surface area contributed by atoms with Crippen molar-refractivity contribution < 1.29 is 9.59 Å². The van der Waals surface area contributed by atoms with Gasteiger partial charge in [0.2, 0.25) is 12.2 Å². The zero-order valence-electron chi connectivity index (χ0n) is 14.7. The van der Waals surface area contributed by atoms with Gasteiger partial charge in [-0.15, -0.1) is 0 Å². The Morgan fingerprint density at radius 1 is 0.960 bits per heavy atom. The van der Waals surface area contributed by atoms with E-state index < -0.39 is 12.1 Å². The lowest BCUT2D eigenvalue weighted by molar-refractivity contribution is -0.123. The van der Waals surface area contributed by atoms with Gasteiger partial charge in [0.05, 0.1) is 12.1 Å². The van der Waals surface area contributed by atoms with Crippen LogP contribution < -0.4 is 10.6 Å². The van der Waals surface area contributed by atoms with Crippen LogP contribution >= 0.6 is 0 Å². The van der Waals surface area contributed by atoms with Crippen molar-refractivity contribution in [3.8, 4) is 0 Å². The third-order valence-electron chi connectivity index (χ3n) is 4.09. The number of nitrogens with one attached hydrogen (secondary N) is 2. The average molecular weight is 337 g/mol. The maximum atomic E-state index is 12.7. The van der Waals surface area contributed by atoms with Crippen LogP contribution in [0.15, 0.2) is 60.7 Å². The Balaban J connectivity index is 2.07. The molecule has 2 unspecified atom stereocenters. The second-order valence-corrected chi connectivity index (χ2v) is 6.46. The molecule has 0 saturated carbocycles. The Morgan fingerprint density at radius 3 is 2.04 bits per heavy atom. The van der Waals surface area contributed by atoms with Crippen LogP contribution in [0.3, 0.4) is 0 Å². The molecule has 0 fully saturated rings. The molecule has 0 heterocycles. The van der Waals surface area contributed by atoms with E-state index in [0.717, 1.165) is 11.1 Å². The van der Waals surface area contributed by atoms with Crippen LogP contribution in [-0.4, -0.2) is 24.3 Å². The summed E-state index contributed by atoms with van der Waals surface area (Å²) in [5.74, 6) is -0.171. The highest BCUT2D eigenvalue weighted by atomic mass is 16.2. The Bertz CT molecular complexity index is 656. The normalized spacial score (nSPS) is 13.2. The van der Waals surface area contributed by atoms with Crippen LogP contribution in [0.1, 0.15) is 25.0 Å². The van der Waals surface area contributed by atoms with Gasteiger partial charge in [-0.2, -0.15) is 0 Å². The molecule has 4 heteroatoms. The van der Waals surface area contributed by atoms with Gasteiger partial charge in [-0.25, -0.2) is 0 Å². The predicted molar refractivity (Wildman–Crippen MR) is 99.7 cm³/mol. The summed E-state index contributed by atoms with van der Waals surface area (Å²) in [6, 6.07) is 18.8. The van der Waals surface area contributed by atoms with Gasteiger partial charge in [0.1, 0.15) is 0 Å². The first-order valence-corrected chi connectivity index (χ1v) is 8.59. The van der Waals surface area contributed by atoms with E-state index in [0.29, 0.717) is 13.0 Å². The molecule has 0 aliphatic carbocycles. The molecule has 0 bridgehead atoms. The van der Waals surface area contributed by atoms with Crippen LogP contribution in [0.2, 0.25) is 0 Å². The lowest BCUT2D eigenvalue weighted by atomic mass is 10.0. The van der Waals surface area contributed by atoms with Crippen molar-refractivity contribution in [3.05, 3.63) is 71.8 Å². The number of benzene rings is 2. The zero-order chi connectivity index (χ0) is 18.1. The molecule has 131 valence electrons. The molecule has 2 aromatic rings. The monoisotopic (exact) mass is 337 g/mol. The van der Waals surface area contributed by atoms with Crippen molar-refractivity contribution in [3.63, 3.8) is 0 Å². The Hall–Kier alpha value is -2.46. The molecule has 2 N–H and O–H groups in total. The Labute approximate surface area is 149 Å². The summed E-state index contributed by atoms with van der Waals surface area (Å²) in [6.07, 6.45) is 2.47. The number of hydrogen-bond acceptors (Lipinski definition) is 3. The van der Waals surface area contributed by atoms with Crippen molar-refractivity contribution in [1.29, 1.82) is 0 Å². The highest BCUT2D eigenvalue weighted by molar-refractivity contribution is 5.84. The summed E-state index contributed by atoms with van der Waals surface area (Å²) in [5, 5.41) is 6.11. The van der Waals surface area contributed by atoms with Gasteiger partial charge in [-0.3, -0.25) is 9.59 Å². The topological polar surface area (TPSA) is 58.2 Å². The minimum absolute atomic E-state index is 0.00736. The summed E-state index contributed by atoms with van der Waals surface area (Å²) < 4.78 is 0. The van der Waals surface area contributed by atoms with E-state index in [2.05, 4.69) is 10.6 Å². The number of hydrogen-bond donors (Lipinski definition) is 2. The van der Waals surface area contributed by atoms with Crippen LogP contribution in [0.4, 0.5) is 0 Å². The van der Waals surface area contributed by atoms with Gasteiger partial charge >= 0.3 is 0 Å². The van der Waals surface area contributed by atoms with Crippen LogP contribution in [0, 0.1) is 5.92 Å². The fraction of sp³-hybridized carbons (Fsp3) is 0.333. The summed E-state index contributed by atoms with van der Waals surface area (Å²) in [7, 11) is 0. The number of amides is 1. The van der Waals surface area contributed by atoms with Gasteiger partial charge in [-0.05, 0) is 23.5 Å². The van der Waals surface area contributed by atoms with E-state index in [1.165, 1.54) is 0 Å². The molecule has 1 radical (unpaired) electrons. The second-order valence-electron chi connectivity index (χ2n) is 6.46. The van der Waals surface area contributed by atoms with Crippen molar-refractivity contribution in [2.24, 2.45) is 5.92 Å². The van der Waals surface area contributed by atoms with E-state index in [-0.39, 0.29) is 11.8 Å². The smallest absolute Gasteiger partial charge is 0.238 e. The molecule has 0 aromatic heterocycles. The average Bonchev–Trinajstić information content (AvgIpc) is 2.64. The summed E-state index contributed by atoms with van der Waals surface area (Å²) in [6.45, 7) is 4.36. The van der Waals surface area contributed by atoms with Crippen LogP contribution in [-0.2, 0) is 22.6 Å². The van der Waals surface area contributed by atoms with Crippen LogP contribution in [0.5, 0.6) is 0 Å². The molecule has 0 aliphatic heterocycles. The van der Waals surface area contributed by atoms with Crippen molar-refractivity contribution in [1.82, 2.24) is 10.6 Å².